The van der Waals surface area contributed by atoms with Crippen LogP contribution in [0.15, 0.2) is 18.3 Å². The molecule has 0 spiro atoms. The second-order valence-electron chi connectivity index (χ2n) is 5.89. The van der Waals surface area contributed by atoms with Crippen molar-refractivity contribution in [2.45, 2.75) is 39.2 Å². The van der Waals surface area contributed by atoms with Gasteiger partial charge >= 0.3 is 5.97 Å². The van der Waals surface area contributed by atoms with Gasteiger partial charge in [0.2, 0.25) is 0 Å². The summed E-state index contributed by atoms with van der Waals surface area (Å²) in [4.78, 5) is 11.7. The molecule has 0 fully saturated rings. The smallest absolute Gasteiger partial charge is 0.337 e. The third-order valence-electron chi connectivity index (χ3n) is 3.97. The summed E-state index contributed by atoms with van der Waals surface area (Å²) < 4.78 is 1.84. The highest BCUT2D eigenvalue weighted by atomic mass is 16.4. The maximum atomic E-state index is 11.7. The lowest BCUT2D eigenvalue weighted by Crippen LogP contribution is -2.06. The zero-order chi connectivity index (χ0) is 16.3. The molecule has 1 aromatic carbocycles. The number of nitrogens with two attached hydrogens (primary N) is 1. The molecule has 0 amide bonds. The molecular formula is C17H24N2O3. The van der Waals surface area contributed by atoms with Crippen molar-refractivity contribution < 1.29 is 15.0 Å². The number of hydrogen-bond acceptors (Lipinski definition) is 3. The number of nitrogens with zero attached hydrogens (tertiary/aromatic N) is 1. The summed E-state index contributed by atoms with van der Waals surface area (Å²) in [6.45, 7) is 5.07. The second kappa shape index (κ2) is 6.94. The maximum Gasteiger partial charge on any atom is 0.337 e. The fourth-order valence-corrected chi connectivity index (χ4v) is 2.81. The predicted octanol–water partition coefficient (Wildman–Crippen LogP) is 2.35. The molecule has 4 N–H and O–H groups in total. The normalized spacial score (nSPS) is 11.5. The highest BCUT2D eigenvalue weighted by Gasteiger charge is 2.18. The van der Waals surface area contributed by atoms with Crippen molar-refractivity contribution in [3.8, 4) is 0 Å². The number of fused-ring (bicyclic) bond motifs is 1. The Hall–Kier alpha value is -1.85. The zero-order valence-corrected chi connectivity index (χ0v) is 13.2. The number of benzene rings is 1. The molecule has 1 aromatic heterocycles. The van der Waals surface area contributed by atoms with E-state index in [2.05, 4.69) is 19.9 Å². The zero-order valence-electron chi connectivity index (χ0n) is 13.2. The van der Waals surface area contributed by atoms with Gasteiger partial charge < -0.3 is 20.5 Å². The number of carbonyl (C=O) groups is 1. The van der Waals surface area contributed by atoms with Crippen molar-refractivity contribution >= 4 is 16.9 Å². The summed E-state index contributed by atoms with van der Waals surface area (Å²) in [6.07, 6.45) is 3.62. The number of aromatic nitrogens is 1. The number of rotatable bonds is 7. The van der Waals surface area contributed by atoms with Crippen molar-refractivity contribution in [2.24, 2.45) is 5.73 Å². The first-order valence-electron chi connectivity index (χ1n) is 7.69. The Labute approximate surface area is 130 Å². The van der Waals surface area contributed by atoms with Crippen LogP contribution in [-0.2, 0) is 13.0 Å². The molecular weight excluding hydrogens is 280 g/mol. The lowest BCUT2D eigenvalue weighted by Gasteiger charge is -2.11. The van der Waals surface area contributed by atoms with E-state index in [1.807, 2.05) is 10.8 Å². The average molecular weight is 304 g/mol. The third-order valence-corrected chi connectivity index (χ3v) is 3.97. The van der Waals surface area contributed by atoms with Gasteiger partial charge in [0.05, 0.1) is 17.7 Å². The number of carboxylic acids is 1. The minimum atomic E-state index is -0.935. The van der Waals surface area contributed by atoms with E-state index < -0.39 is 5.97 Å². The first-order valence-corrected chi connectivity index (χ1v) is 7.69. The Bertz CT molecular complexity index is 674. The van der Waals surface area contributed by atoms with Gasteiger partial charge in [0.15, 0.2) is 0 Å². The van der Waals surface area contributed by atoms with Crippen LogP contribution in [0.25, 0.3) is 10.9 Å². The van der Waals surface area contributed by atoms with Crippen molar-refractivity contribution in [3.63, 3.8) is 0 Å². The molecule has 0 aliphatic carbocycles. The van der Waals surface area contributed by atoms with Crippen molar-refractivity contribution in [1.29, 1.82) is 0 Å². The van der Waals surface area contributed by atoms with Crippen molar-refractivity contribution in [3.05, 3.63) is 35.0 Å². The summed E-state index contributed by atoms with van der Waals surface area (Å²) in [5.41, 5.74) is 8.70. The SMILES string of the molecule is CC(C)c1cc(C(=O)O)c2c(c1)c(CCCN)cn2CCO. The standard InChI is InChI=1S/C17H24N2O3/c1-11(2)13-8-14-12(4-3-5-18)10-19(6-7-20)16(14)15(9-13)17(21)22/h8-11,20H,3-7,18H2,1-2H3,(H,21,22). The summed E-state index contributed by atoms with van der Waals surface area (Å²) in [5.74, 6) is -0.679. The molecule has 0 bridgehead atoms. The van der Waals surface area contributed by atoms with Gasteiger partial charge in [-0.2, -0.15) is 0 Å². The topological polar surface area (TPSA) is 88.5 Å². The first kappa shape index (κ1) is 16.5. The van der Waals surface area contributed by atoms with Crippen molar-refractivity contribution in [2.75, 3.05) is 13.2 Å². The number of aromatic carboxylic acids is 1. The minimum absolute atomic E-state index is 0.0227. The largest absolute Gasteiger partial charge is 0.478 e. The van der Waals surface area contributed by atoms with Gasteiger partial charge in [-0.05, 0) is 48.6 Å². The molecule has 0 unspecified atom stereocenters. The molecule has 2 rings (SSSR count). The molecule has 2 aromatic rings. The van der Waals surface area contributed by atoms with E-state index >= 15 is 0 Å². The van der Waals surface area contributed by atoms with Crippen molar-refractivity contribution in [1.82, 2.24) is 4.57 Å². The number of aliphatic hydroxyl groups is 1. The first-order chi connectivity index (χ1) is 10.5. The Balaban J connectivity index is 2.72. The molecule has 0 radical (unpaired) electrons. The molecule has 120 valence electrons. The van der Waals surface area contributed by atoms with Crippen LogP contribution in [0.1, 0.15) is 47.7 Å². The fraction of sp³-hybridized carbons (Fsp3) is 0.471. The molecule has 0 aliphatic heterocycles. The quantitative estimate of drug-likeness (QED) is 0.732. The van der Waals surface area contributed by atoms with Gasteiger partial charge in [-0.1, -0.05) is 13.8 Å². The van der Waals surface area contributed by atoms with E-state index in [1.165, 1.54) is 0 Å². The van der Waals surface area contributed by atoms with Crippen LogP contribution in [0.4, 0.5) is 0 Å². The summed E-state index contributed by atoms with van der Waals surface area (Å²) >= 11 is 0. The number of aliphatic hydroxyl groups excluding tert-OH is 1. The van der Waals surface area contributed by atoms with Crippen LogP contribution in [0.5, 0.6) is 0 Å². The van der Waals surface area contributed by atoms with Gasteiger partial charge in [-0.15, -0.1) is 0 Å². The molecule has 22 heavy (non-hydrogen) atoms. The predicted molar refractivity (Wildman–Crippen MR) is 87.4 cm³/mol. The van der Waals surface area contributed by atoms with E-state index in [1.54, 1.807) is 6.07 Å². The maximum absolute atomic E-state index is 11.7. The highest BCUT2D eigenvalue weighted by molar-refractivity contribution is 6.04. The van der Waals surface area contributed by atoms with Gasteiger partial charge in [0.25, 0.3) is 0 Å². The van der Waals surface area contributed by atoms with Crippen LogP contribution in [0, 0.1) is 0 Å². The number of carboxylic acid groups (broad SMARTS) is 1. The Kier molecular flexibility index (Phi) is 5.21. The fourth-order valence-electron chi connectivity index (χ4n) is 2.81. The summed E-state index contributed by atoms with van der Waals surface area (Å²) in [7, 11) is 0. The Morgan fingerprint density at radius 1 is 1.36 bits per heavy atom. The molecule has 5 heteroatoms. The Morgan fingerprint density at radius 3 is 2.64 bits per heavy atom. The summed E-state index contributed by atoms with van der Waals surface area (Å²) in [6, 6.07) is 3.82. The Morgan fingerprint density at radius 2 is 2.09 bits per heavy atom. The van der Waals surface area contributed by atoms with E-state index in [0.717, 1.165) is 29.4 Å². The van der Waals surface area contributed by atoms with Crippen LogP contribution >= 0.6 is 0 Å². The molecule has 0 saturated heterocycles. The van der Waals surface area contributed by atoms with E-state index in [9.17, 15) is 15.0 Å². The van der Waals surface area contributed by atoms with E-state index in [4.69, 9.17) is 5.73 Å². The molecule has 1 heterocycles. The lowest BCUT2D eigenvalue weighted by molar-refractivity contribution is 0.0698. The van der Waals surface area contributed by atoms with E-state index in [-0.39, 0.29) is 12.5 Å². The van der Waals surface area contributed by atoms with Gasteiger partial charge in [-0.25, -0.2) is 4.79 Å². The average Bonchev–Trinajstić information content (AvgIpc) is 2.82. The molecule has 5 nitrogen and oxygen atoms in total. The number of aryl methyl sites for hydroxylation is 1. The van der Waals surface area contributed by atoms with Crippen LogP contribution in [0.2, 0.25) is 0 Å². The summed E-state index contributed by atoms with van der Waals surface area (Å²) in [5, 5.41) is 19.8. The van der Waals surface area contributed by atoms with Gasteiger partial charge in [0, 0.05) is 18.1 Å². The van der Waals surface area contributed by atoms with Gasteiger partial charge in [0.1, 0.15) is 0 Å². The molecule has 0 saturated carbocycles. The van der Waals surface area contributed by atoms with E-state index in [0.29, 0.717) is 24.2 Å². The highest BCUT2D eigenvalue weighted by Crippen LogP contribution is 2.30. The third kappa shape index (κ3) is 3.15. The number of hydrogen-bond donors (Lipinski definition) is 3. The van der Waals surface area contributed by atoms with Crippen LogP contribution < -0.4 is 5.73 Å². The van der Waals surface area contributed by atoms with Crippen LogP contribution in [-0.4, -0.2) is 33.9 Å². The molecule has 0 aliphatic rings. The van der Waals surface area contributed by atoms with Gasteiger partial charge in [-0.3, -0.25) is 0 Å². The minimum Gasteiger partial charge on any atom is -0.478 e. The van der Waals surface area contributed by atoms with Crippen LogP contribution in [0.3, 0.4) is 0 Å². The monoisotopic (exact) mass is 304 g/mol. The second-order valence-corrected chi connectivity index (χ2v) is 5.89. The molecule has 0 atom stereocenters. The lowest BCUT2D eigenvalue weighted by atomic mass is 9.96.